The van der Waals surface area contributed by atoms with E-state index in [9.17, 15) is 23.8 Å². The molecule has 8 heteroatoms. The number of nitrogens with zero attached hydrogens (tertiary/aromatic N) is 1. The van der Waals surface area contributed by atoms with Crippen molar-refractivity contribution in [1.29, 1.82) is 0 Å². The van der Waals surface area contributed by atoms with Gasteiger partial charge in [-0.15, -0.1) is 0 Å². The molecule has 5 nitrogen and oxygen atoms in total. The molecule has 0 amide bonds. The Morgan fingerprint density at radius 2 is 2.00 bits per heavy atom. The molecule has 1 aromatic carbocycles. The van der Waals surface area contributed by atoms with Crippen LogP contribution in [0.25, 0.3) is 5.76 Å². The highest BCUT2D eigenvalue weighted by molar-refractivity contribution is 9.10. The molecule has 0 unspecified atom stereocenters. The van der Waals surface area contributed by atoms with E-state index in [1.807, 2.05) is 13.8 Å². The zero-order chi connectivity index (χ0) is 19.9. The lowest BCUT2D eigenvalue weighted by molar-refractivity contribution is -0.137. The highest BCUT2D eigenvalue weighted by atomic mass is 79.9. The predicted octanol–water partition coefficient (Wildman–Crippen LogP) is 4.04. The molecule has 0 radical (unpaired) electrons. The number of aliphatic hydroxyl groups excluding tert-OH is 2. The SMILES string of the molecule is CCOC(=O)C(C=N[C@H](CO)CC(C)C)=C(O)c1cc(Br)c(F)cc1F. The van der Waals surface area contributed by atoms with Gasteiger partial charge in [0.2, 0.25) is 0 Å². The molecule has 1 rings (SSSR count). The van der Waals surface area contributed by atoms with Crippen LogP contribution in [0.4, 0.5) is 8.78 Å². The summed E-state index contributed by atoms with van der Waals surface area (Å²) in [5.74, 6) is -3.28. The lowest BCUT2D eigenvalue weighted by Crippen LogP contribution is -2.16. The summed E-state index contributed by atoms with van der Waals surface area (Å²) in [5, 5.41) is 19.8. The third-order valence-electron chi connectivity index (χ3n) is 3.38. The normalized spacial score (nSPS) is 13.8. The summed E-state index contributed by atoms with van der Waals surface area (Å²) >= 11 is 2.91. The summed E-state index contributed by atoms with van der Waals surface area (Å²) < 4.78 is 32.2. The molecule has 1 aromatic rings. The minimum absolute atomic E-state index is 0.0362. The van der Waals surface area contributed by atoms with Gasteiger partial charge in [0.15, 0.2) is 0 Å². The molecule has 0 aliphatic carbocycles. The molecular formula is C18H22BrF2NO4. The lowest BCUT2D eigenvalue weighted by Gasteiger charge is -2.13. The quantitative estimate of drug-likeness (QED) is 0.213. The Bertz CT molecular complexity index is 705. The first-order valence-corrected chi connectivity index (χ1v) is 8.89. The van der Waals surface area contributed by atoms with E-state index < -0.39 is 29.4 Å². The number of carbonyl (C=O) groups is 1. The number of aliphatic hydroxyl groups is 2. The fourth-order valence-corrected chi connectivity index (χ4v) is 2.52. The maximum atomic E-state index is 14.0. The van der Waals surface area contributed by atoms with Crippen molar-refractivity contribution >= 4 is 33.9 Å². The second kappa shape index (κ2) is 10.4. The molecule has 144 valence electrons. The number of hydrogen-bond donors (Lipinski definition) is 2. The molecular weight excluding hydrogens is 412 g/mol. The van der Waals surface area contributed by atoms with Gasteiger partial charge < -0.3 is 14.9 Å². The van der Waals surface area contributed by atoms with Crippen LogP contribution >= 0.6 is 15.9 Å². The van der Waals surface area contributed by atoms with Crippen molar-refractivity contribution in [3.63, 3.8) is 0 Å². The Balaban J connectivity index is 3.38. The molecule has 2 N–H and O–H groups in total. The van der Waals surface area contributed by atoms with Gasteiger partial charge in [-0.05, 0) is 41.3 Å². The van der Waals surface area contributed by atoms with E-state index in [0.717, 1.165) is 12.3 Å². The minimum Gasteiger partial charge on any atom is -0.506 e. The maximum Gasteiger partial charge on any atom is 0.343 e. The average molecular weight is 434 g/mol. The van der Waals surface area contributed by atoms with Crippen LogP contribution in [0.1, 0.15) is 32.8 Å². The number of hydrogen-bond acceptors (Lipinski definition) is 5. The van der Waals surface area contributed by atoms with E-state index >= 15 is 0 Å². The Kier molecular flexibility index (Phi) is 8.87. The summed E-state index contributed by atoms with van der Waals surface area (Å²) in [6.07, 6.45) is 1.60. The Hall–Kier alpha value is -1.80. The second-order valence-electron chi connectivity index (χ2n) is 5.97. The van der Waals surface area contributed by atoms with E-state index in [1.165, 1.54) is 0 Å². The zero-order valence-corrected chi connectivity index (χ0v) is 16.4. The topological polar surface area (TPSA) is 79.1 Å². The third kappa shape index (κ3) is 6.17. The number of rotatable bonds is 8. The number of halogens is 3. The Morgan fingerprint density at radius 1 is 1.35 bits per heavy atom. The molecule has 0 bridgehead atoms. The van der Waals surface area contributed by atoms with E-state index in [-0.39, 0.29) is 34.7 Å². The first-order valence-electron chi connectivity index (χ1n) is 8.10. The van der Waals surface area contributed by atoms with Gasteiger partial charge in [0.1, 0.15) is 23.0 Å². The van der Waals surface area contributed by atoms with Crippen molar-refractivity contribution in [2.75, 3.05) is 13.2 Å². The summed E-state index contributed by atoms with van der Waals surface area (Å²) in [5.41, 5.74) is -0.761. The summed E-state index contributed by atoms with van der Waals surface area (Å²) in [6.45, 7) is 5.26. The van der Waals surface area contributed by atoms with E-state index in [4.69, 9.17) is 4.74 Å². The molecule has 0 aliphatic heterocycles. The minimum atomic E-state index is -1.04. The lowest BCUT2D eigenvalue weighted by atomic mass is 10.0. The Morgan fingerprint density at radius 3 is 2.54 bits per heavy atom. The number of ether oxygens (including phenoxy) is 1. The molecule has 0 saturated heterocycles. The fraction of sp³-hybridized carbons (Fsp3) is 0.444. The van der Waals surface area contributed by atoms with E-state index in [0.29, 0.717) is 12.5 Å². The van der Waals surface area contributed by atoms with Crippen molar-refractivity contribution in [2.24, 2.45) is 10.9 Å². The van der Waals surface area contributed by atoms with Crippen LogP contribution in [-0.4, -0.2) is 41.7 Å². The van der Waals surface area contributed by atoms with E-state index in [2.05, 4.69) is 20.9 Å². The van der Waals surface area contributed by atoms with Crippen LogP contribution in [0.2, 0.25) is 0 Å². The first-order chi connectivity index (χ1) is 12.2. The van der Waals surface area contributed by atoms with Crippen LogP contribution in [0.5, 0.6) is 0 Å². The van der Waals surface area contributed by atoms with Gasteiger partial charge in [-0.25, -0.2) is 13.6 Å². The van der Waals surface area contributed by atoms with Crippen LogP contribution in [0.15, 0.2) is 27.2 Å². The van der Waals surface area contributed by atoms with Crippen molar-refractivity contribution in [3.8, 4) is 0 Å². The van der Waals surface area contributed by atoms with Gasteiger partial charge in [0.05, 0.1) is 29.3 Å². The average Bonchev–Trinajstić information content (AvgIpc) is 2.56. The number of esters is 1. The Labute approximate surface area is 159 Å². The number of aliphatic imine (C=N–C) groups is 1. The van der Waals surface area contributed by atoms with Crippen LogP contribution in [-0.2, 0) is 9.53 Å². The predicted molar refractivity (Wildman–Crippen MR) is 99.1 cm³/mol. The van der Waals surface area contributed by atoms with Crippen molar-refractivity contribution < 1.29 is 28.5 Å². The summed E-state index contributed by atoms with van der Waals surface area (Å²) in [4.78, 5) is 16.2. The number of benzene rings is 1. The van der Waals surface area contributed by atoms with Gasteiger partial charge in [0.25, 0.3) is 0 Å². The van der Waals surface area contributed by atoms with Crippen LogP contribution < -0.4 is 0 Å². The van der Waals surface area contributed by atoms with Gasteiger partial charge in [-0.1, -0.05) is 13.8 Å². The summed E-state index contributed by atoms with van der Waals surface area (Å²) in [7, 11) is 0. The van der Waals surface area contributed by atoms with Crippen molar-refractivity contribution in [3.05, 3.63) is 39.4 Å². The van der Waals surface area contributed by atoms with Crippen LogP contribution in [0.3, 0.4) is 0 Å². The van der Waals surface area contributed by atoms with Crippen LogP contribution in [0, 0.1) is 17.6 Å². The second-order valence-corrected chi connectivity index (χ2v) is 6.83. The molecule has 0 saturated carbocycles. The first kappa shape index (κ1) is 22.2. The zero-order valence-electron chi connectivity index (χ0n) is 14.8. The third-order valence-corrected chi connectivity index (χ3v) is 3.99. The number of carbonyl (C=O) groups excluding carboxylic acids is 1. The molecule has 0 heterocycles. The standard InChI is InChI=1S/C18H22BrF2NO4/c1-4-26-18(25)13(8-22-11(9-23)5-10(2)3)17(24)12-6-14(19)16(21)7-15(12)20/h6-8,10-11,23-24H,4-5,9H2,1-3H3/t11-/m0/s1. The maximum absolute atomic E-state index is 14.0. The fourth-order valence-electron chi connectivity index (χ4n) is 2.18. The molecule has 26 heavy (non-hydrogen) atoms. The molecule has 0 spiro atoms. The van der Waals surface area contributed by atoms with E-state index in [1.54, 1.807) is 6.92 Å². The van der Waals surface area contributed by atoms with Crippen molar-refractivity contribution in [2.45, 2.75) is 33.2 Å². The monoisotopic (exact) mass is 433 g/mol. The molecule has 0 aliphatic rings. The smallest absolute Gasteiger partial charge is 0.343 e. The molecule has 1 atom stereocenters. The molecule has 0 aromatic heterocycles. The van der Waals surface area contributed by atoms with Gasteiger partial charge in [0, 0.05) is 12.3 Å². The summed E-state index contributed by atoms with van der Waals surface area (Å²) in [6, 6.07) is 1.12. The van der Waals surface area contributed by atoms with Gasteiger partial charge in [-0.3, -0.25) is 4.99 Å². The highest BCUT2D eigenvalue weighted by Gasteiger charge is 2.21. The van der Waals surface area contributed by atoms with Crippen molar-refractivity contribution in [1.82, 2.24) is 0 Å². The highest BCUT2D eigenvalue weighted by Crippen LogP contribution is 2.26. The van der Waals surface area contributed by atoms with Gasteiger partial charge >= 0.3 is 5.97 Å². The largest absolute Gasteiger partial charge is 0.506 e. The van der Waals surface area contributed by atoms with Gasteiger partial charge in [-0.2, -0.15) is 0 Å². The molecule has 0 fully saturated rings.